The second kappa shape index (κ2) is 6.53. The molecule has 0 atom stereocenters. The number of carbonyl (C=O) groups is 1. The summed E-state index contributed by atoms with van der Waals surface area (Å²) in [5.41, 5.74) is 0.757. The first kappa shape index (κ1) is 12.1. The van der Waals surface area contributed by atoms with Crippen LogP contribution < -0.4 is 5.32 Å². The fourth-order valence-electron chi connectivity index (χ4n) is 0.930. The van der Waals surface area contributed by atoms with Gasteiger partial charge in [0.2, 0.25) is 0 Å². The number of rotatable bonds is 1. The van der Waals surface area contributed by atoms with Crippen molar-refractivity contribution in [1.82, 2.24) is 0 Å². The molecule has 1 aromatic carbocycles. The van der Waals surface area contributed by atoms with E-state index in [0.29, 0.717) is 0 Å². The molecule has 1 aromatic rings. The Morgan fingerprint density at radius 1 is 1.20 bits per heavy atom. The lowest BCUT2D eigenvalue weighted by molar-refractivity contribution is 0.259. The summed E-state index contributed by atoms with van der Waals surface area (Å²) >= 11 is 2.92. The largest absolute Gasteiger partial charge is 0.346 e. The zero-order chi connectivity index (χ0) is 11.1. The van der Waals surface area contributed by atoms with E-state index in [2.05, 4.69) is 10.3 Å². The normalized spacial score (nSPS) is 9.47. The third-order valence-electron chi connectivity index (χ3n) is 1.57. The number of aliphatic imine (C=N–C) groups is 1. The summed E-state index contributed by atoms with van der Waals surface area (Å²) in [4.78, 5) is 15.3. The number of anilines is 1. The average Bonchev–Trinajstić information content (AvgIpc) is 2.27. The van der Waals surface area contributed by atoms with Gasteiger partial charge in [-0.3, -0.25) is 0 Å². The molecule has 5 heteroatoms. The first-order valence-corrected chi connectivity index (χ1v) is 6.74. The van der Waals surface area contributed by atoms with Gasteiger partial charge in [-0.2, -0.15) is 4.99 Å². The van der Waals surface area contributed by atoms with Crippen molar-refractivity contribution >= 4 is 39.6 Å². The number of nitrogens with zero attached hydrogens (tertiary/aromatic N) is 1. The van der Waals surface area contributed by atoms with Crippen LogP contribution >= 0.6 is 23.5 Å². The first-order valence-electron chi connectivity index (χ1n) is 4.29. The van der Waals surface area contributed by atoms with Gasteiger partial charge < -0.3 is 5.32 Å². The number of benzene rings is 1. The number of urea groups is 1. The quantitative estimate of drug-likeness (QED) is 0.605. The van der Waals surface area contributed by atoms with Crippen LogP contribution in [0.1, 0.15) is 0 Å². The minimum Gasteiger partial charge on any atom is -0.306 e. The van der Waals surface area contributed by atoms with Gasteiger partial charge in [0.25, 0.3) is 0 Å². The molecule has 0 aromatic heterocycles. The van der Waals surface area contributed by atoms with Gasteiger partial charge in [0, 0.05) is 5.69 Å². The summed E-state index contributed by atoms with van der Waals surface area (Å²) < 4.78 is 0.753. The highest BCUT2D eigenvalue weighted by Crippen LogP contribution is 2.12. The van der Waals surface area contributed by atoms with E-state index in [9.17, 15) is 4.79 Å². The Balaban J connectivity index is 2.60. The Morgan fingerprint density at radius 3 is 2.33 bits per heavy atom. The Kier molecular flexibility index (Phi) is 5.28. The van der Waals surface area contributed by atoms with Crippen LogP contribution in [0.4, 0.5) is 10.5 Å². The molecule has 0 unspecified atom stereocenters. The zero-order valence-corrected chi connectivity index (χ0v) is 10.2. The molecular weight excluding hydrogens is 228 g/mol. The maximum absolute atomic E-state index is 11.4. The van der Waals surface area contributed by atoms with Gasteiger partial charge in [-0.15, -0.1) is 23.5 Å². The molecule has 0 heterocycles. The molecule has 0 spiro atoms. The SMILES string of the molecule is CSC(=NC(=O)Nc1ccccc1)SC. The second-order valence-corrected chi connectivity index (χ2v) is 4.43. The number of nitrogens with one attached hydrogen (secondary N) is 1. The maximum Gasteiger partial charge on any atom is 0.346 e. The van der Waals surface area contributed by atoms with Crippen molar-refractivity contribution in [2.45, 2.75) is 0 Å². The molecule has 1 N–H and O–H groups in total. The molecule has 15 heavy (non-hydrogen) atoms. The molecule has 0 fully saturated rings. The molecule has 0 bridgehead atoms. The molecule has 80 valence electrons. The van der Waals surface area contributed by atoms with Crippen LogP contribution in [0.25, 0.3) is 0 Å². The summed E-state index contributed by atoms with van der Waals surface area (Å²) in [5, 5.41) is 2.69. The summed E-state index contributed by atoms with van der Waals surface area (Å²) in [6.45, 7) is 0. The van der Waals surface area contributed by atoms with E-state index < -0.39 is 0 Å². The number of thioether (sulfide) groups is 2. The number of para-hydroxylation sites is 1. The Morgan fingerprint density at radius 2 is 1.80 bits per heavy atom. The van der Waals surface area contributed by atoms with Crippen molar-refractivity contribution < 1.29 is 4.79 Å². The standard InChI is InChI=1S/C10H12N2OS2/c1-14-10(15-2)12-9(13)11-8-6-4-3-5-7-8/h3-7H,1-2H3,(H,11,13). The Bertz CT molecular complexity index is 346. The van der Waals surface area contributed by atoms with Crippen LogP contribution in [-0.2, 0) is 0 Å². The van der Waals surface area contributed by atoms with Crippen molar-refractivity contribution in [3.8, 4) is 0 Å². The van der Waals surface area contributed by atoms with Crippen molar-refractivity contribution in [3.05, 3.63) is 30.3 Å². The molecule has 2 amide bonds. The fourth-order valence-corrected chi connectivity index (χ4v) is 1.95. The summed E-state index contributed by atoms with van der Waals surface area (Å²) in [6.07, 6.45) is 3.79. The Hall–Kier alpha value is -0.940. The van der Waals surface area contributed by atoms with Gasteiger partial charge in [-0.05, 0) is 24.6 Å². The number of carbonyl (C=O) groups excluding carboxylic acids is 1. The van der Waals surface area contributed by atoms with Crippen molar-refractivity contribution in [3.63, 3.8) is 0 Å². The molecule has 0 radical (unpaired) electrons. The highest BCUT2D eigenvalue weighted by atomic mass is 32.2. The van der Waals surface area contributed by atoms with Crippen molar-refractivity contribution in [2.24, 2.45) is 4.99 Å². The topological polar surface area (TPSA) is 41.5 Å². The minimum absolute atomic E-state index is 0.333. The summed E-state index contributed by atoms with van der Waals surface area (Å²) in [7, 11) is 0. The van der Waals surface area contributed by atoms with Crippen LogP contribution in [0.5, 0.6) is 0 Å². The molecule has 0 aliphatic carbocycles. The van der Waals surface area contributed by atoms with E-state index in [1.807, 2.05) is 42.8 Å². The molecule has 3 nitrogen and oxygen atoms in total. The fraction of sp³-hybridized carbons (Fsp3) is 0.200. The van der Waals surface area contributed by atoms with Gasteiger partial charge in [-0.25, -0.2) is 4.79 Å². The molecule has 0 saturated heterocycles. The van der Waals surface area contributed by atoms with E-state index in [0.717, 1.165) is 10.1 Å². The summed E-state index contributed by atoms with van der Waals surface area (Å²) in [6, 6.07) is 8.94. The van der Waals surface area contributed by atoms with Crippen LogP contribution in [0, 0.1) is 0 Å². The van der Waals surface area contributed by atoms with Crippen LogP contribution in [0.2, 0.25) is 0 Å². The van der Waals surface area contributed by atoms with Crippen molar-refractivity contribution in [2.75, 3.05) is 17.8 Å². The van der Waals surface area contributed by atoms with Crippen LogP contribution in [0.3, 0.4) is 0 Å². The zero-order valence-electron chi connectivity index (χ0n) is 8.56. The maximum atomic E-state index is 11.4. The lowest BCUT2D eigenvalue weighted by Crippen LogP contribution is -2.07. The average molecular weight is 240 g/mol. The van der Waals surface area contributed by atoms with E-state index in [1.54, 1.807) is 0 Å². The predicted octanol–water partition coefficient (Wildman–Crippen LogP) is 3.30. The van der Waals surface area contributed by atoms with Gasteiger partial charge in [0.05, 0.1) is 0 Å². The number of amides is 2. The highest BCUT2D eigenvalue weighted by Gasteiger charge is 2.01. The smallest absolute Gasteiger partial charge is 0.306 e. The summed E-state index contributed by atoms with van der Waals surface area (Å²) in [5.74, 6) is 0. The molecular formula is C10H12N2OS2. The molecule has 1 rings (SSSR count). The molecule has 0 saturated carbocycles. The minimum atomic E-state index is -0.333. The molecule has 0 aliphatic rings. The van der Waals surface area contributed by atoms with E-state index in [4.69, 9.17) is 0 Å². The van der Waals surface area contributed by atoms with E-state index >= 15 is 0 Å². The third kappa shape index (κ3) is 4.40. The Labute approximate surface area is 97.7 Å². The first-order chi connectivity index (χ1) is 7.26. The van der Waals surface area contributed by atoms with Crippen LogP contribution in [-0.4, -0.2) is 22.9 Å². The lowest BCUT2D eigenvalue weighted by Gasteiger charge is -2.01. The second-order valence-electron chi connectivity index (χ2n) is 2.58. The van der Waals surface area contributed by atoms with Gasteiger partial charge in [0.15, 0.2) is 0 Å². The van der Waals surface area contributed by atoms with Crippen molar-refractivity contribution in [1.29, 1.82) is 0 Å². The molecule has 0 aliphatic heterocycles. The van der Waals surface area contributed by atoms with Crippen LogP contribution in [0.15, 0.2) is 35.3 Å². The predicted molar refractivity (Wildman–Crippen MR) is 69.9 cm³/mol. The highest BCUT2D eigenvalue weighted by molar-refractivity contribution is 8.38. The lowest BCUT2D eigenvalue weighted by atomic mass is 10.3. The number of hydrogen-bond acceptors (Lipinski definition) is 3. The van der Waals surface area contributed by atoms with E-state index in [-0.39, 0.29) is 6.03 Å². The van der Waals surface area contributed by atoms with Gasteiger partial charge in [-0.1, -0.05) is 18.2 Å². The van der Waals surface area contributed by atoms with Gasteiger partial charge in [0.1, 0.15) is 4.38 Å². The number of hydrogen-bond donors (Lipinski definition) is 1. The third-order valence-corrected chi connectivity index (χ3v) is 3.45. The van der Waals surface area contributed by atoms with E-state index in [1.165, 1.54) is 23.5 Å². The van der Waals surface area contributed by atoms with Gasteiger partial charge >= 0.3 is 6.03 Å². The monoisotopic (exact) mass is 240 g/mol.